The van der Waals surface area contributed by atoms with Gasteiger partial charge in [0.15, 0.2) is 0 Å². The predicted molar refractivity (Wildman–Crippen MR) is 83.4 cm³/mol. The van der Waals surface area contributed by atoms with Crippen LogP contribution in [0.1, 0.15) is 5.56 Å². The van der Waals surface area contributed by atoms with E-state index >= 15 is 0 Å². The lowest BCUT2D eigenvalue weighted by Crippen LogP contribution is -2.19. The Kier molecular flexibility index (Phi) is 9.74. The van der Waals surface area contributed by atoms with E-state index in [1.807, 2.05) is 6.07 Å². The van der Waals surface area contributed by atoms with E-state index in [1.54, 1.807) is 13.2 Å². The Labute approximate surface area is 135 Å². The molecule has 0 amide bonds. The average Bonchev–Trinajstić information content (AvgIpc) is 2.45. The van der Waals surface area contributed by atoms with Crippen LogP contribution < -0.4 is 10.1 Å². The molecule has 0 aromatic heterocycles. The smallest absolute Gasteiger partial charge is 0.142 e. The van der Waals surface area contributed by atoms with Gasteiger partial charge in [-0.3, -0.25) is 0 Å². The van der Waals surface area contributed by atoms with Crippen molar-refractivity contribution in [2.45, 2.75) is 6.54 Å². The molecule has 0 unspecified atom stereocenters. The Bertz CT molecular complexity index is 418. The highest BCUT2D eigenvalue weighted by molar-refractivity contribution is 6.35. The molecular formula is C14H21Cl2NO4. The van der Waals surface area contributed by atoms with Crippen molar-refractivity contribution in [2.75, 3.05) is 46.7 Å². The minimum Gasteiger partial charge on any atom is -0.489 e. The standard InChI is InChI=1S/C14H21Cl2NO4/c1-19-4-2-17-10-11-8-12(15)9-13(16)14(11)21-7-6-20-5-3-18/h8-9,17-18H,2-7,10H2,1H3. The van der Waals surface area contributed by atoms with E-state index in [9.17, 15) is 0 Å². The summed E-state index contributed by atoms with van der Waals surface area (Å²) in [6.45, 7) is 2.96. The first-order valence-corrected chi connectivity index (χ1v) is 7.43. The van der Waals surface area contributed by atoms with Gasteiger partial charge in [-0.1, -0.05) is 23.2 Å². The summed E-state index contributed by atoms with van der Waals surface area (Å²) in [5.41, 5.74) is 0.880. The maximum atomic E-state index is 8.62. The van der Waals surface area contributed by atoms with Crippen LogP contribution in [0.3, 0.4) is 0 Å². The van der Waals surface area contributed by atoms with Crippen LogP contribution >= 0.6 is 23.2 Å². The molecule has 0 heterocycles. The van der Waals surface area contributed by atoms with E-state index in [2.05, 4.69) is 5.32 Å². The Morgan fingerprint density at radius 1 is 1.14 bits per heavy atom. The van der Waals surface area contributed by atoms with Crippen molar-refractivity contribution in [1.29, 1.82) is 0 Å². The molecule has 0 saturated heterocycles. The van der Waals surface area contributed by atoms with Crippen molar-refractivity contribution in [1.82, 2.24) is 5.32 Å². The van der Waals surface area contributed by atoms with Crippen molar-refractivity contribution in [3.8, 4) is 5.75 Å². The minimum atomic E-state index is -0.00360. The molecule has 21 heavy (non-hydrogen) atoms. The van der Waals surface area contributed by atoms with Crippen molar-refractivity contribution >= 4 is 23.2 Å². The molecule has 2 N–H and O–H groups in total. The van der Waals surface area contributed by atoms with Crippen LogP contribution in [0.15, 0.2) is 12.1 Å². The molecule has 1 aromatic rings. The largest absolute Gasteiger partial charge is 0.489 e. The summed E-state index contributed by atoms with van der Waals surface area (Å²) in [6, 6.07) is 3.46. The van der Waals surface area contributed by atoms with Gasteiger partial charge < -0.3 is 24.6 Å². The second-order valence-electron chi connectivity index (χ2n) is 4.23. The number of benzene rings is 1. The van der Waals surface area contributed by atoms with E-state index in [4.69, 9.17) is 42.5 Å². The molecule has 7 heteroatoms. The van der Waals surface area contributed by atoms with Crippen LogP contribution in [0.25, 0.3) is 0 Å². The molecule has 0 atom stereocenters. The zero-order valence-electron chi connectivity index (χ0n) is 12.0. The Balaban J connectivity index is 2.57. The third kappa shape index (κ3) is 7.31. The lowest BCUT2D eigenvalue weighted by Gasteiger charge is -2.14. The van der Waals surface area contributed by atoms with Crippen molar-refractivity contribution in [3.05, 3.63) is 27.7 Å². The highest BCUT2D eigenvalue weighted by atomic mass is 35.5. The number of aliphatic hydroxyl groups is 1. The molecule has 0 bridgehead atoms. The van der Waals surface area contributed by atoms with Gasteiger partial charge in [0.05, 0.1) is 31.5 Å². The molecule has 0 saturated carbocycles. The number of aliphatic hydroxyl groups excluding tert-OH is 1. The summed E-state index contributed by atoms with van der Waals surface area (Å²) in [7, 11) is 1.65. The Morgan fingerprint density at radius 3 is 2.67 bits per heavy atom. The van der Waals surface area contributed by atoms with Gasteiger partial charge in [0.1, 0.15) is 12.4 Å². The van der Waals surface area contributed by atoms with Gasteiger partial charge >= 0.3 is 0 Å². The number of methoxy groups -OCH3 is 1. The first kappa shape index (κ1) is 18.5. The van der Waals surface area contributed by atoms with Gasteiger partial charge in [0.2, 0.25) is 0 Å². The number of hydrogen-bond donors (Lipinski definition) is 2. The van der Waals surface area contributed by atoms with Crippen LogP contribution in [0.4, 0.5) is 0 Å². The van der Waals surface area contributed by atoms with Crippen molar-refractivity contribution in [3.63, 3.8) is 0 Å². The lowest BCUT2D eigenvalue weighted by molar-refractivity contribution is 0.0703. The molecule has 0 aliphatic carbocycles. The molecular weight excluding hydrogens is 317 g/mol. The summed E-state index contributed by atoms with van der Waals surface area (Å²) in [5.74, 6) is 0.596. The number of halogens is 2. The molecule has 1 rings (SSSR count). The number of rotatable bonds is 11. The van der Waals surface area contributed by atoms with E-state index in [0.717, 1.165) is 12.1 Å². The fraction of sp³-hybridized carbons (Fsp3) is 0.571. The maximum Gasteiger partial charge on any atom is 0.142 e. The van der Waals surface area contributed by atoms with Gasteiger partial charge in [0, 0.05) is 30.8 Å². The van der Waals surface area contributed by atoms with Crippen molar-refractivity contribution in [2.24, 2.45) is 0 Å². The third-order valence-corrected chi connectivity index (χ3v) is 3.09. The Hall–Kier alpha value is -0.560. The fourth-order valence-electron chi connectivity index (χ4n) is 1.67. The van der Waals surface area contributed by atoms with Gasteiger partial charge in [-0.15, -0.1) is 0 Å². The highest BCUT2D eigenvalue weighted by Gasteiger charge is 2.10. The topological polar surface area (TPSA) is 60.0 Å². The van der Waals surface area contributed by atoms with E-state index in [-0.39, 0.29) is 6.61 Å². The molecule has 120 valence electrons. The zero-order chi connectivity index (χ0) is 15.5. The molecule has 5 nitrogen and oxygen atoms in total. The molecule has 0 aliphatic heterocycles. The lowest BCUT2D eigenvalue weighted by atomic mass is 10.2. The summed E-state index contributed by atoms with van der Waals surface area (Å²) in [5, 5.41) is 12.9. The summed E-state index contributed by atoms with van der Waals surface area (Å²) in [6.07, 6.45) is 0. The monoisotopic (exact) mass is 337 g/mol. The van der Waals surface area contributed by atoms with Gasteiger partial charge in [-0.2, -0.15) is 0 Å². The molecule has 0 spiro atoms. The van der Waals surface area contributed by atoms with Crippen LogP contribution in [0.2, 0.25) is 10.0 Å². The maximum absolute atomic E-state index is 8.62. The average molecular weight is 338 g/mol. The second-order valence-corrected chi connectivity index (χ2v) is 5.07. The second kappa shape index (κ2) is 11.1. The minimum absolute atomic E-state index is 0.00360. The molecule has 0 radical (unpaired) electrons. The van der Waals surface area contributed by atoms with E-state index in [1.165, 1.54) is 0 Å². The summed E-state index contributed by atoms with van der Waals surface area (Å²) in [4.78, 5) is 0. The Morgan fingerprint density at radius 2 is 1.95 bits per heavy atom. The van der Waals surface area contributed by atoms with Crippen molar-refractivity contribution < 1.29 is 19.3 Å². The molecule has 0 fully saturated rings. The summed E-state index contributed by atoms with van der Waals surface area (Å²) < 4.78 is 15.8. The van der Waals surface area contributed by atoms with E-state index in [0.29, 0.717) is 48.8 Å². The quantitative estimate of drug-likeness (QED) is 0.605. The highest BCUT2D eigenvalue weighted by Crippen LogP contribution is 2.32. The van der Waals surface area contributed by atoms with Crippen LogP contribution in [0.5, 0.6) is 5.75 Å². The SMILES string of the molecule is COCCNCc1cc(Cl)cc(Cl)c1OCCOCCO. The normalized spacial score (nSPS) is 10.9. The third-order valence-electron chi connectivity index (χ3n) is 2.59. The van der Waals surface area contributed by atoms with Gasteiger partial charge in [0.25, 0.3) is 0 Å². The van der Waals surface area contributed by atoms with Gasteiger partial charge in [-0.25, -0.2) is 0 Å². The van der Waals surface area contributed by atoms with Crippen LogP contribution in [0, 0.1) is 0 Å². The fourth-order valence-corrected chi connectivity index (χ4v) is 2.26. The van der Waals surface area contributed by atoms with Crippen LogP contribution in [-0.2, 0) is 16.0 Å². The first-order valence-electron chi connectivity index (χ1n) is 6.68. The van der Waals surface area contributed by atoms with Crippen LogP contribution in [-0.4, -0.2) is 51.8 Å². The summed E-state index contributed by atoms with van der Waals surface area (Å²) >= 11 is 12.2. The number of nitrogens with one attached hydrogen (secondary N) is 1. The van der Waals surface area contributed by atoms with Gasteiger partial charge in [-0.05, 0) is 12.1 Å². The zero-order valence-corrected chi connectivity index (χ0v) is 13.5. The number of hydrogen-bond acceptors (Lipinski definition) is 5. The number of ether oxygens (including phenoxy) is 3. The molecule has 1 aromatic carbocycles. The first-order chi connectivity index (χ1) is 10.2. The molecule has 0 aliphatic rings. The van der Waals surface area contributed by atoms with E-state index < -0.39 is 0 Å². The predicted octanol–water partition coefficient (Wildman–Crippen LogP) is 2.12.